The lowest BCUT2D eigenvalue weighted by Gasteiger charge is -2.21. The van der Waals surface area contributed by atoms with E-state index >= 15 is 0 Å². The van der Waals surface area contributed by atoms with Gasteiger partial charge >= 0.3 is 0 Å². The fourth-order valence-corrected chi connectivity index (χ4v) is 1.74. The molecule has 0 aliphatic carbocycles. The van der Waals surface area contributed by atoms with Crippen LogP contribution in [0.5, 0.6) is 0 Å². The molecule has 0 radical (unpaired) electrons. The number of hydrogen-bond donors (Lipinski definition) is 1. The molecule has 1 aromatic heterocycles. The molecule has 1 saturated heterocycles. The smallest absolute Gasteiger partial charge is 0.132 e. The van der Waals surface area contributed by atoms with E-state index in [1.807, 2.05) is 19.2 Å². The highest BCUT2D eigenvalue weighted by Gasteiger charge is 2.17. The molecule has 1 atom stereocenters. The van der Waals surface area contributed by atoms with E-state index in [2.05, 4.69) is 15.3 Å². The zero-order chi connectivity index (χ0) is 9.10. The van der Waals surface area contributed by atoms with E-state index in [0.717, 1.165) is 24.6 Å². The predicted molar refractivity (Wildman–Crippen MR) is 51.6 cm³/mol. The van der Waals surface area contributed by atoms with Crippen molar-refractivity contribution in [2.75, 3.05) is 13.1 Å². The number of nitrogens with one attached hydrogen (secondary N) is 1. The van der Waals surface area contributed by atoms with Gasteiger partial charge in [0.2, 0.25) is 0 Å². The highest BCUT2D eigenvalue weighted by Crippen LogP contribution is 2.19. The number of rotatable bonds is 1. The largest absolute Gasteiger partial charge is 0.316 e. The Hall–Kier alpha value is -0.960. The molecule has 1 fully saturated rings. The topological polar surface area (TPSA) is 37.8 Å². The standard InChI is InChI=1S/C10H15N3/c1-8-4-6-12-10(13-8)9-3-2-5-11-7-9/h4,6,9,11H,2-3,5,7H2,1H3/t9-/m1/s1. The van der Waals surface area contributed by atoms with Crippen LogP contribution in [0, 0.1) is 6.92 Å². The molecule has 2 rings (SSSR count). The van der Waals surface area contributed by atoms with Gasteiger partial charge in [-0.1, -0.05) is 0 Å². The fourth-order valence-electron chi connectivity index (χ4n) is 1.74. The van der Waals surface area contributed by atoms with E-state index in [-0.39, 0.29) is 0 Å². The summed E-state index contributed by atoms with van der Waals surface area (Å²) in [5, 5.41) is 3.37. The molecule has 0 saturated carbocycles. The Morgan fingerprint density at radius 2 is 2.46 bits per heavy atom. The Balaban J connectivity index is 2.14. The SMILES string of the molecule is Cc1ccnc([C@@H]2CCCNC2)n1. The average Bonchev–Trinajstić information content (AvgIpc) is 2.19. The first-order valence-electron chi connectivity index (χ1n) is 4.86. The van der Waals surface area contributed by atoms with Crippen LogP contribution in [0.4, 0.5) is 0 Å². The third-order valence-electron chi connectivity index (χ3n) is 2.48. The molecule has 0 bridgehead atoms. The first-order chi connectivity index (χ1) is 6.36. The maximum Gasteiger partial charge on any atom is 0.132 e. The summed E-state index contributed by atoms with van der Waals surface area (Å²) >= 11 is 0. The molecule has 3 nitrogen and oxygen atoms in total. The summed E-state index contributed by atoms with van der Waals surface area (Å²) < 4.78 is 0. The van der Waals surface area contributed by atoms with Crippen LogP contribution in [0.15, 0.2) is 12.3 Å². The molecule has 3 heteroatoms. The molecular weight excluding hydrogens is 162 g/mol. The van der Waals surface area contributed by atoms with Crippen LogP contribution < -0.4 is 5.32 Å². The van der Waals surface area contributed by atoms with Crippen molar-refractivity contribution in [1.29, 1.82) is 0 Å². The van der Waals surface area contributed by atoms with E-state index in [9.17, 15) is 0 Å². The van der Waals surface area contributed by atoms with Crippen molar-refractivity contribution in [2.24, 2.45) is 0 Å². The van der Waals surface area contributed by atoms with Gasteiger partial charge in [-0.25, -0.2) is 9.97 Å². The Kier molecular flexibility index (Phi) is 2.54. The molecule has 0 spiro atoms. The minimum absolute atomic E-state index is 0.522. The van der Waals surface area contributed by atoms with Crippen LogP contribution in [0.3, 0.4) is 0 Å². The van der Waals surface area contributed by atoms with Crippen LogP contribution >= 0.6 is 0 Å². The zero-order valence-corrected chi connectivity index (χ0v) is 7.95. The number of aryl methyl sites for hydroxylation is 1. The molecule has 1 aliphatic rings. The monoisotopic (exact) mass is 177 g/mol. The van der Waals surface area contributed by atoms with E-state index in [4.69, 9.17) is 0 Å². The Morgan fingerprint density at radius 1 is 1.54 bits per heavy atom. The van der Waals surface area contributed by atoms with Gasteiger partial charge in [0.05, 0.1) is 0 Å². The van der Waals surface area contributed by atoms with Crippen molar-refractivity contribution in [3.8, 4) is 0 Å². The van der Waals surface area contributed by atoms with Crippen LogP contribution in [0.1, 0.15) is 30.3 Å². The molecule has 13 heavy (non-hydrogen) atoms. The first kappa shape index (κ1) is 8.63. The van der Waals surface area contributed by atoms with Crippen LogP contribution in [0.2, 0.25) is 0 Å². The van der Waals surface area contributed by atoms with Gasteiger partial charge in [0.1, 0.15) is 5.82 Å². The van der Waals surface area contributed by atoms with Crippen molar-refractivity contribution in [1.82, 2.24) is 15.3 Å². The van der Waals surface area contributed by atoms with Crippen molar-refractivity contribution >= 4 is 0 Å². The number of nitrogens with zero attached hydrogens (tertiary/aromatic N) is 2. The lowest BCUT2D eigenvalue weighted by Crippen LogP contribution is -2.29. The number of hydrogen-bond acceptors (Lipinski definition) is 3. The molecule has 2 heterocycles. The second kappa shape index (κ2) is 3.83. The quantitative estimate of drug-likeness (QED) is 0.701. The number of aromatic nitrogens is 2. The molecule has 1 aliphatic heterocycles. The second-order valence-corrected chi connectivity index (χ2v) is 3.60. The van der Waals surface area contributed by atoms with E-state index in [1.165, 1.54) is 12.8 Å². The summed E-state index contributed by atoms with van der Waals surface area (Å²) in [5.74, 6) is 1.53. The van der Waals surface area contributed by atoms with E-state index < -0.39 is 0 Å². The van der Waals surface area contributed by atoms with E-state index in [0.29, 0.717) is 5.92 Å². The summed E-state index contributed by atoms with van der Waals surface area (Å²) in [6.07, 6.45) is 4.31. The maximum absolute atomic E-state index is 4.45. The third kappa shape index (κ3) is 2.04. The number of piperidine rings is 1. The summed E-state index contributed by atoms with van der Waals surface area (Å²) in [6, 6.07) is 1.94. The molecule has 1 aromatic rings. The van der Waals surface area contributed by atoms with Gasteiger partial charge in [0.25, 0.3) is 0 Å². The fraction of sp³-hybridized carbons (Fsp3) is 0.600. The van der Waals surface area contributed by atoms with Crippen molar-refractivity contribution in [2.45, 2.75) is 25.7 Å². The second-order valence-electron chi connectivity index (χ2n) is 3.60. The summed E-state index contributed by atoms with van der Waals surface area (Å²) in [6.45, 7) is 4.19. The molecule has 0 unspecified atom stereocenters. The van der Waals surface area contributed by atoms with Crippen molar-refractivity contribution < 1.29 is 0 Å². The molecule has 70 valence electrons. The highest BCUT2D eigenvalue weighted by molar-refractivity contribution is 5.05. The molecule has 0 aromatic carbocycles. The van der Waals surface area contributed by atoms with Crippen molar-refractivity contribution in [3.05, 3.63) is 23.8 Å². The summed E-state index contributed by atoms with van der Waals surface area (Å²) in [5.41, 5.74) is 1.07. The summed E-state index contributed by atoms with van der Waals surface area (Å²) in [7, 11) is 0. The van der Waals surface area contributed by atoms with Gasteiger partial charge in [-0.2, -0.15) is 0 Å². The van der Waals surface area contributed by atoms with Gasteiger partial charge in [-0.05, 0) is 32.4 Å². The van der Waals surface area contributed by atoms with Gasteiger partial charge in [-0.15, -0.1) is 0 Å². The lowest BCUT2D eigenvalue weighted by molar-refractivity contribution is 0.446. The minimum Gasteiger partial charge on any atom is -0.316 e. The third-order valence-corrected chi connectivity index (χ3v) is 2.48. The zero-order valence-electron chi connectivity index (χ0n) is 7.95. The van der Waals surface area contributed by atoms with Crippen molar-refractivity contribution in [3.63, 3.8) is 0 Å². The van der Waals surface area contributed by atoms with Crippen LogP contribution in [-0.2, 0) is 0 Å². The highest BCUT2D eigenvalue weighted by atomic mass is 14.9. The lowest BCUT2D eigenvalue weighted by atomic mass is 9.99. The predicted octanol–water partition coefficient (Wildman–Crippen LogP) is 1.25. The normalized spacial score (nSPS) is 23.0. The van der Waals surface area contributed by atoms with Crippen LogP contribution in [0.25, 0.3) is 0 Å². The molecular formula is C10H15N3. The van der Waals surface area contributed by atoms with Gasteiger partial charge in [0.15, 0.2) is 0 Å². The Morgan fingerprint density at radius 3 is 3.15 bits per heavy atom. The summed E-state index contributed by atoms with van der Waals surface area (Å²) in [4.78, 5) is 8.76. The maximum atomic E-state index is 4.45. The molecule has 0 amide bonds. The van der Waals surface area contributed by atoms with Gasteiger partial charge in [-0.3, -0.25) is 0 Å². The Labute approximate surface area is 78.6 Å². The van der Waals surface area contributed by atoms with Crippen LogP contribution in [-0.4, -0.2) is 23.1 Å². The van der Waals surface area contributed by atoms with Gasteiger partial charge < -0.3 is 5.32 Å². The first-order valence-corrected chi connectivity index (χ1v) is 4.86. The average molecular weight is 177 g/mol. The molecule has 1 N–H and O–H groups in total. The van der Waals surface area contributed by atoms with E-state index in [1.54, 1.807) is 0 Å². The van der Waals surface area contributed by atoms with Gasteiger partial charge in [0, 0.05) is 24.4 Å². The Bertz CT molecular complexity index is 279. The minimum atomic E-state index is 0.522.